The number of benzene rings is 1. The van der Waals surface area contributed by atoms with Crippen LogP contribution < -0.4 is 5.32 Å². The summed E-state index contributed by atoms with van der Waals surface area (Å²) in [6.07, 6.45) is 0. The third-order valence-corrected chi connectivity index (χ3v) is 2.15. The molecule has 0 heterocycles. The number of aryl methyl sites for hydroxylation is 1. The van der Waals surface area contributed by atoms with Gasteiger partial charge in [0.2, 0.25) is 5.91 Å². The summed E-state index contributed by atoms with van der Waals surface area (Å²) in [6.45, 7) is 2.18. The largest absolute Gasteiger partial charge is 0.351 e. The van der Waals surface area contributed by atoms with Crippen LogP contribution in [0.1, 0.15) is 11.1 Å². The predicted octanol–water partition coefficient (Wildman–Crippen LogP) is 1.99. The fraction of sp³-hybridized carbons (Fsp3) is 0.300. The van der Waals surface area contributed by atoms with E-state index in [1.165, 1.54) is 12.1 Å². The highest BCUT2D eigenvalue weighted by Gasteiger charge is 2.02. The van der Waals surface area contributed by atoms with E-state index in [2.05, 4.69) is 5.32 Å². The average molecular weight is 216 g/mol. The summed E-state index contributed by atoms with van der Waals surface area (Å²) in [6, 6.07) is 4.48. The van der Waals surface area contributed by atoms with Crippen molar-refractivity contribution in [1.82, 2.24) is 5.32 Å². The van der Waals surface area contributed by atoms with Crippen LogP contribution in [0.2, 0.25) is 0 Å². The third-order valence-electron chi connectivity index (χ3n) is 1.91. The van der Waals surface area contributed by atoms with E-state index >= 15 is 0 Å². The summed E-state index contributed by atoms with van der Waals surface area (Å²) in [5.41, 5.74) is 1.71. The average Bonchev–Trinajstić information content (AvgIpc) is 2.19. The maximum Gasteiger partial charge on any atom is 0.235 e. The Kier molecular flexibility index (Phi) is 3.89. The Bertz CT molecular complexity index is 341. The van der Waals surface area contributed by atoms with Crippen molar-refractivity contribution < 1.29 is 9.18 Å². The van der Waals surface area contributed by atoms with Crippen LogP contribution in [-0.2, 0) is 11.3 Å². The van der Waals surface area contributed by atoms with Crippen molar-refractivity contribution in [1.29, 1.82) is 0 Å². The Morgan fingerprint density at radius 2 is 2.29 bits per heavy atom. The van der Waals surface area contributed by atoms with Gasteiger partial charge in [-0.3, -0.25) is 4.79 Å². The molecular formula is C10H11ClFNO. The molecule has 0 spiro atoms. The minimum absolute atomic E-state index is 0.0750. The van der Waals surface area contributed by atoms with Gasteiger partial charge in [0, 0.05) is 6.54 Å². The van der Waals surface area contributed by atoms with E-state index in [0.29, 0.717) is 6.54 Å². The first-order chi connectivity index (χ1) is 6.63. The molecule has 4 heteroatoms. The normalized spacial score (nSPS) is 9.93. The van der Waals surface area contributed by atoms with Crippen molar-refractivity contribution in [3.8, 4) is 0 Å². The Labute approximate surface area is 87.1 Å². The van der Waals surface area contributed by atoms with Crippen molar-refractivity contribution in [2.24, 2.45) is 0 Å². The highest BCUT2D eigenvalue weighted by Crippen LogP contribution is 2.09. The fourth-order valence-corrected chi connectivity index (χ4v) is 1.17. The molecule has 0 bridgehead atoms. The van der Waals surface area contributed by atoms with Gasteiger partial charge in [0.1, 0.15) is 11.7 Å². The summed E-state index contributed by atoms with van der Waals surface area (Å²) >= 11 is 5.30. The Morgan fingerprint density at radius 3 is 2.93 bits per heavy atom. The second kappa shape index (κ2) is 4.96. The fourth-order valence-electron chi connectivity index (χ4n) is 1.07. The van der Waals surface area contributed by atoms with Gasteiger partial charge in [-0.1, -0.05) is 6.07 Å². The first kappa shape index (κ1) is 11.0. The Morgan fingerprint density at radius 1 is 1.57 bits per heavy atom. The molecule has 0 unspecified atom stereocenters. The lowest BCUT2D eigenvalue weighted by Crippen LogP contribution is -2.24. The molecule has 14 heavy (non-hydrogen) atoms. The first-order valence-corrected chi connectivity index (χ1v) is 4.74. The molecule has 1 rings (SSSR count). The van der Waals surface area contributed by atoms with Crippen LogP contribution >= 0.6 is 11.6 Å². The molecule has 2 nitrogen and oxygen atoms in total. The summed E-state index contributed by atoms with van der Waals surface area (Å²) in [7, 11) is 0. The van der Waals surface area contributed by atoms with Crippen LogP contribution in [0.3, 0.4) is 0 Å². The van der Waals surface area contributed by atoms with Gasteiger partial charge in [-0.2, -0.15) is 0 Å². The van der Waals surface area contributed by atoms with E-state index in [4.69, 9.17) is 11.6 Å². The number of alkyl halides is 1. The molecule has 0 aromatic heterocycles. The smallest absolute Gasteiger partial charge is 0.235 e. The number of halogens is 2. The van der Waals surface area contributed by atoms with E-state index in [0.717, 1.165) is 11.1 Å². The van der Waals surface area contributed by atoms with Crippen molar-refractivity contribution >= 4 is 17.5 Å². The van der Waals surface area contributed by atoms with Crippen LogP contribution in [-0.4, -0.2) is 11.8 Å². The lowest BCUT2D eigenvalue weighted by molar-refractivity contribution is -0.118. The molecule has 0 aliphatic rings. The molecule has 0 saturated carbocycles. The second-order valence-corrected chi connectivity index (χ2v) is 3.25. The Balaban J connectivity index is 2.66. The molecule has 1 N–H and O–H groups in total. The van der Waals surface area contributed by atoms with Gasteiger partial charge >= 0.3 is 0 Å². The standard InChI is InChI=1S/C10H11ClFNO/c1-7-2-3-9(12)4-8(7)6-13-10(14)5-11/h2-4H,5-6H2,1H3,(H,13,14). The van der Waals surface area contributed by atoms with Gasteiger partial charge in [-0.05, 0) is 30.2 Å². The highest BCUT2D eigenvalue weighted by molar-refractivity contribution is 6.27. The topological polar surface area (TPSA) is 29.1 Å². The summed E-state index contributed by atoms with van der Waals surface area (Å²) in [5, 5.41) is 2.58. The number of amides is 1. The van der Waals surface area contributed by atoms with Gasteiger partial charge in [0.15, 0.2) is 0 Å². The molecule has 76 valence electrons. The van der Waals surface area contributed by atoms with Crippen LogP contribution in [0.15, 0.2) is 18.2 Å². The summed E-state index contributed by atoms with van der Waals surface area (Å²) < 4.78 is 12.8. The number of rotatable bonds is 3. The molecule has 0 saturated heterocycles. The van der Waals surface area contributed by atoms with Gasteiger partial charge in [0.05, 0.1) is 0 Å². The van der Waals surface area contributed by atoms with Crippen molar-refractivity contribution in [2.45, 2.75) is 13.5 Å². The molecule has 0 aliphatic heterocycles. The lowest BCUT2D eigenvalue weighted by atomic mass is 10.1. The van der Waals surface area contributed by atoms with E-state index in [-0.39, 0.29) is 17.6 Å². The first-order valence-electron chi connectivity index (χ1n) is 4.21. The van der Waals surface area contributed by atoms with Crippen molar-refractivity contribution in [3.05, 3.63) is 35.1 Å². The molecular weight excluding hydrogens is 205 g/mol. The quantitative estimate of drug-likeness (QED) is 0.768. The molecule has 1 aromatic rings. The maximum absolute atomic E-state index is 12.8. The zero-order chi connectivity index (χ0) is 10.6. The minimum Gasteiger partial charge on any atom is -0.351 e. The Hall–Kier alpha value is -1.09. The summed E-state index contributed by atoms with van der Waals surface area (Å²) in [4.78, 5) is 10.8. The lowest BCUT2D eigenvalue weighted by Gasteiger charge is -2.06. The predicted molar refractivity (Wildman–Crippen MR) is 53.7 cm³/mol. The number of hydrogen-bond acceptors (Lipinski definition) is 1. The molecule has 0 fully saturated rings. The van der Waals surface area contributed by atoms with E-state index in [1.807, 2.05) is 6.92 Å². The van der Waals surface area contributed by atoms with E-state index in [9.17, 15) is 9.18 Å². The highest BCUT2D eigenvalue weighted by atomic mass is 35.5. The van der Waals surface area contributed by atoms with E-state index < -0.39 is 0 Å². The number of hydrogen-bond donors (Lipinski definition) is 1. The minimum atomic E-state index is -0.300. The zero-order valence-corrected chi connectivity index (χ0v) is 8.57. The van der Waals surface area contributed by atoms with Crippen LogP contribution in [0.5, 0.6) is 0 Å². The van der Waals surface area contributed by atoms with E-state index in [1.54, 1.807) is 6.07 Å². The number of carbonyl (C=O) groups excluding carboxylic acids is 1. The second-order valence-electron chi connectivity index (χ2n) is 2.98. The molecule has 0 aliphatic carbocycles. The van der Waals surface area contributed by atoms with Crippen LogP contribution in [0.4, 0.5) is 4.39 Å². The van der Waals surface area contributed by atoms with Gasteiger partial charge in [-0.15, -0.1) is 11.6 Å². The zero-order valence-electron chi connectivity index (χ0n) is 7.81. The van der Waals surface area contributed by atoms with Crippen molar-refractivity contribution in [3.63, 3.8) is 0 Å². The number of carbonyl (C=O) groups is 1. The SMILES string of the molecule is Cc1ccc(F)cc1CNC(=O)CCl. The van der Waals surface area contributed by atoms with Crippen molar-refractivity contribution in [2.75, 3.05) is 5.88 Å². The molecule has 0 radical (unpaired) electrons. The maximum atomic E-state index is 12.8. The monoisotopic (exact) mass is 215 g/mol. The molecule has 1 aromatic carbocycles. The molecule has 0 atom stereocenters. The van der Waals surface area contributed by atoms with Crippen LogP contribution in [0, 0.1) is 12.7 Å². The van der Waals surface area contributed by atoms with Gasteiger partial charge < -0.3 is 5.32 Å². The van der Waals surface area contributed by atoms with Gasteiger partial charge in [0.25, 0.3) is 0 Å². The summed E-state index contributed by atoms with van der Waals surface area (Å²) in [5.74, 6) is -0.630. The third kappa shape index (κ3) is 3.00. The number of nitrogens with one attached hydrogen (secondary N) is 1. The molecule has 1 amide bonds. The van der Waals surface area contributed by atoms with Gasteiger partial charge in [-0.25, -0.2) is 4.39 Å². The van der Waals surface area contributed by atoms with Crippen LogP contribution in [0.25, 0.3) is 0 Å².